The number of ether oxygens (including phenoxy) is 1. The first-order valence-electron chi connectivity index (χ1n) is 8.62. The van der Waals surface area contributed by atoms with Crippen LogP contribution < -0.4 is 4.74 Å². The Morgan fingerprint density at radius 3 is 2.77 bits per heavy atom. The van der Waals surface area contributed by atoms with Gasteiger partial charge in [0.05, 0.1) is 13.2 Å². The number of fused-ring (bicyclic) bond motifs is 5. The maximum Gasteiger partial charge on any atom is 0.126 e. The third-order valence-electron chi connectivity index (χ3n) is 6.94. The molecule has 0 aliphatic heterocycles. The van der Waals surface area contributed by atoms with Gasteiger partial charge in [0.15, 0.2) is 0 Å². The highest BCUT2D eigenvalue weighted by Crippen LogP contribution is 2.61. The molecule has 22 heavy (non-hydrogen) atoms. The van der Waals surface area contributed by atoms with Crippen LogP contribution >= 0.6 is 0 Å². The topological polar surface area (TPSA) is 49.7 Å². The van der Waals surface area contributed by atoms with Crippen LogP contribution in [0.15, 0.2) is 12.1 Å². The zero-order chi connectivity index (χ0) is 15.5. The second-order valence-corrected chi connectivity index (χ2v) is 7.77. The molecule has 2 saturated carbocycles. The molecule has 0 radical (unpaired) electrons. The Labute approximate surface area is 132 Å². The van der Waals surface area contributed by atoms with Gasteiger partial charge in [-0.1, -0.05) is 6.92 Å². The van der Waals surface area contributed by atoms with E-state index in [1.165, 1.54) is 17.5 Å². The van der Waals surface area contributed by atoms with Crippen LogP contribution in [0.5, 0.6) is 11.5 Å². The average Bonchev–Trinajstić information content (AvgIpc) is 2.81. The van der Waals surface area contributed by atoms with Gasteiger partial charge >= 0.3 is 0 Å². The summed E-state index contributed by atoms with van der Waals surface area (Å²) < 4.78 is 5.59. The van der Waals surface area contributed by atoms with Crippen molar-refractivity contribution < 1.29 is 14.9 Å². The minimum atomic E-state index is -0.124. The third-order valence-corrected chi connectivity index (χ3v) is 6.94. The minimum Gasteiger partial charge on any atom is -0.508 e. The molecular formula is C19H26O3. The van der Waals surface area contributed by atoms with Gasteiger partial charge in [-0.25, -0.2) is 0 Å². The van der Waals surface area contributed by atoms with Gasteiger partial charge in [-0.15, -0.1) is 0 Å². The number of aliphatic hydroxyl groups is 1. The van der Waals surface area contributed by atoms with Crippen molar-refractivity contribution >= 4 is 0 Å². The first-order chi connectivity index (χ1) is 10.5. The Morgan fingerprint density at radius 2 is 2.00 bits per heavy atom. The van der Waals surface area contributed by atoms with E-state index in [1.807, 2.05) is 6.07 Å². The summed E-state index contributed by atoms with van der Waals surface area (Å²) >= 11 is 0. The Morgan fingerprint density at radius 1 is 1.18 bits per heavy atom. The SMILES string of the molecule is COc1cc(O)cc2c1[C@H]1CC[C@]3(C)[C@@H](O)CC[C@H]3[C@@H]1CC2. The predicted octanol–water partition coefficient (Wildman–Crippen LogP) is 3.62. The van der Waals surface area contributed by atoms with Gasteiger partial charge in [-0.2, -0.15) is 0 Å². The molecule has 1 aromatic carbocycles. The van der Waals surface area contributed by atoms with Gasteiger partial charge in [0, 0.05) is 11.6 Å². The van der Waals surface area contributed by atoms with E-state index in [0.717, 1.165) is 37.9 Å². The second-order valence-electron chi connectivity index (χ2n) is 7.77. The molecule has 0 saturated heterocycles. The van der Waals surface area contributed by atoms with E-state index in [9.17, 15) is 10.2 Å². The Bertz CT molecular complexity index is 579. The third kappa shape index (κ3) is 1.84. The number of aryl methyl sites for hydroxylation is 1. The van der Waals surface area contributed by atoms with Crippen LogP contribution in [0.4, 0.5) is 0 Å². The van der Waals surface area contributed by atoms with Gasteiger partial charge in [0.1, 0.15) is 11.5 Å². The van der Waals surface area contributed by atoms with Gasteiger partial charge in [-0.3, -0.25) is 0 Å². The van der Waals surface area contributed by atoms with Crippen molar-refractivity contribution in [1.29, 1.82) is 0 Å². The van der Waals surface area contributed by atoms with Crippen LogP contribution in [-0.2, 0) is 6.42 Å². The van der Waals surface area contributed by atoms with E-state index in [0.29, 0.717) is 23.5 Å². The molecule has 0 unspecified atom stereocenters. The summed E-state index contributed by atoms with van der Waals surface area (Å²) in [6.07, 6.45) is 6.42. The van der Waals surface area contributed by atoms with Crippen LogP contribution in [0, 0.1) is 17.3 Å². The number of aliphatic hydroxyl groups excluding tert-OH is 1. The number of phenolic OH excluding ortho intramolecular Hbond substituents is 1. The summed E-state index contributed by atoms with van der Waals surface area (Å²) in [7, 11) is 1.70. The summed E-state index contributed by atoms with van der Waals surface area (Å²) in [6.45, 7) is 2.30. The zero-order valence-corrected chi connectivity index (χ0v) is 13.5. The molecule has 1 aromatic rings. The van der Waals surface area contributed by atoms with Crippen molar-refractivity contribution in [2.45, 2.75) is 57.5 Å². The first kappa shape index (κ1) is 14.4. The lowest BCUT2D eigenvalue weighted by molar-refractivity contribution is -0.0229. The molecular weight excluding hydrogens is 276 g/mol. The molecule has 0 bridgehead atoms. The maximum absolute atomic E-state index is 10.4. The molecule has 120 valence electrons. The lowest BCUT2D eigenvalue weighted by Gasteiger charge is -2.50. The van der Waals surface area contributed by atoms with E-state index in [2.05, 4.69) is 6.92 Å². The van der Waals surface area contributed by atoms with Crippen LogP contribution in [-0.4, -0.2) is 23.4 Å². The summed E-state index contributed by atoms with van der Waals surface area (Å²) in [5, 5.41) is 20.4. The average molecular weight is 302 g/mol. The fraction of sp³-hybridized carbons (Fsp3) is 0.684. The molecule has 3 heteroatoms. The monoisotopic (exact) mass is 302 g/mol. The fourth-order valence-electron chi connectivity index (χ4n) is 5.81. The van der Waals surface area contributed by atoms with Crippen LogP contribution in [0.3, 0.4) is 0 Å². The summed E-state index contributed by atoms with van der Waals surface area (Å²) in [4.78, 5) is 0. The van der Waals surface area contributed by atoms with Gasteiger partial charge in [-0.05, 0) is 73.3 Å². The molecule has 4 rings (SSSR count). The number of rotatable bonds is 1. The molecule has 2 fully saturated rings. The van der Waals surface area contributed by atoms with Gasteiger partial charge in [0.2, 0.25) is 0 Å². The van der Waals surface area contributed by atoms with Crippen molar-refractivity contribution in [3.8, 4) is 11.5 Å². The van der Waals surface area contributed by atoms with Crippen molar-refractivity contribution in [1.82, 2.24) is 0 Å². The van der Waals surface area contributed by atoms with Crippen LogP contribution in [0.1, 0.15) is 56.1 Å². The molecule has 0 spiro atoms. The highest BCUT2D eigenvalue weighted by Gasteiger charge is 2.54. The molecule has 0 aromatic heterocycles. The van der Waals surface area contributed by atoms with Gasteiger partial charge in [0.25, 0.3) is 0 Å². The normalized spacial score (nSPS) is 39.8. The number of methoxy groups -OCH3 is 1. The largest absolute Gasteiger partial charge is 0.508 e. The number of phenols is 1. The van der Waals surface area contributed by atoms with Crippen LogP contribution in [0.25, 0.3) is 0 Å². The summed E-state index contributed by atoms with van der Waals surface area (Å²) in [6, 6.07) is 3.68. The van der Waals surface area contributed by atoms with E-state index < -0.39 is 0 Å². The highest BCUT2D eigenvalue weighted by atomic mass is 16.5. The minimum absolute atomic E-state index is 0.114. The number of aromatic hydroxyl groups is 1. The van der Waals surface area contributed by atoms with Crippen LogP contribution in [0.2, 0.25) is 0 Å². The van der Waals surface area contributed by atoms with Crippen molar-refractivity contribution in [2.24, 2.45) is 17.3 Å². The number of hydrogen-bond acceptors (Lipinski definition) is 3. The highest BCUT2D eigenvalue weighted by molar-refractivity contribution is 5.50. The van der Waals surface area contributed by atoms with E-state index in [-0.39, 0.29) is 11.5 Å². The standard InChI is InChI=1S/C19H26O3/c1-19-8-7-14-13(15(19)5-6-17(19)21)4-3-11-9-12(20)10-16(22-2)18(11)14/h9-10,13-15,17,20-21H,3-8H2,1-2H3/t13-,14+,15+,17+,19+/m1/s1. The number of benzene rings is 1. The summed E-state index contributed by atoms with van der Waals surface area (Å²) in [5.74, 6) is 2.98. The maximum atomic E-state index is 10.4. The molecule has 3 aliphatic rings. The fourth-order valence-corrected chi connectivity index (χ4v) is 5.81. The molecule has 0 heterocycles. The van der Waals surface area contributed by atoms with E-state index in [4.69, 9.17) is 4.74 Å². The van der Waals surface area contributed by atoms with Crippen molar-refractivity contribution in [3.63, 3.8) is 0 Å². The quantitative estimate of drug-likeness (QED) is 0.833. The van der Waals surface area contributed by atoms with Crippen molar-refractivity contribution in [2.75, 3.05) is 7.11 Å². The Hall–Kier alpha value is -1.22. The first-order valence-corrected chi connectivity index (χ1v) is 8.62. The van der Waals surface area contributed by atoms with Gasteiger partial charge < -0.3 is 14.9 Å². The molecule has 0 amide bonds. The molecule has 3 nitrogen and oxygen atoms in total. The van der Waals surface area contributed by atoms with E-state index >= 15 is 0 Å². The van der Waals surface area contributed by atoms with Crippen molar-refractivity contribution in [3.05, 3.63) is 23.3 Å². The lowest BCUT2D eigenvalue weighted by atomic mass is 9.55. The smallest absolute Gasteiger partial charge is 0.126 e. The number of hydrogen-bond donors (Lipinski definition) is 2. The Balaban J connectivity index is 1.76. The lowest BCUT2D eigenvalue weighted by Crippen LogP contribution is -2.44. The summed E-state index contributed by atoms with van der Waals surface area (Å²) in [5.41, 5.74) is 2.71. The molecule has 5 atom stereocenters. The molecule has 2 N–H and O–H groups in total. The zero-order valence-electron chi connectivity index (χ0n) is 13.5. The second kappa shape index (κ2) is 4.89. The molecule has 3 aliphatic carbocycles. The predicted molar refractivity (Wildman–Crippen MR) is 85.3 cm³/mol. The van der Waals surface area contributed by atoms with E-state index in [1.54, 1.807) is 13.2 Å². The Kier molecular flexibility index (Phi) is 3.19.